The second-order valence-corrected chi connectivity index (χ2v) is 4.34. The van der Waals surface area contributed by atoms with Gasteiger partial charge in [-0.3, -0.25) is 0 Å². The van der Waals surface area contributed by atoms with Crippen molar-refractivity contribution < 1.29 is 13.2 Å². The number of nitrogens with one attached hydrogen (secondary N) is 2. The van der Waals surface area contributed by atoms with Crippen molar-refractivity contribution in [3.8, 4) is 0 Å². The highest BCUT2D eigenvalue weighted by Gasteiger charge is 2.12. The van der Waals surface area contributed by atoms with Crippen LogP contribution in [0, 0.1) is 17.5 Å². The summed E-state index contributed by atoms with van der Waals surface area (Å²) in [5.41, 5.74) is 0.344. The van der Waals surface area contributed by atoms with Gasteiger partial charge < -0.3 is 10.6 Å². The summed E-state index contributed by atoms with van der Waals surface area (Å²) in [6.07, 6.45) is 0. The minimum Gasteiger partial charge on any atom is -0.368 e. The average Bonchev–Trinajstić information content (AvgIpc) is 2.39. The molecule has 0 saturated heterocycles. The molecule has 0 aliphatic rings. The first-order valence-corrected chi connectivity index (χ1v) is 6.21. The Morgan fingerprint density at radius 2 is 1.75 bits per heavy atom. The van der Waals surface area contributed by atoms with Crippen LogP contribution in [0.5, 0.6) is 0 Å². The lowest BCUT2D eigenvalue weighted by Crippen LogP contribution is -2.06. The molecule has 7 heteroatoms. The summed E-state index contributed by atoms with van der Waals surface area (Å²) in [6.45, 7) is 2.20. The average molecular weight is 302 g/mol. The highest BCUT2D eigenvalue weighted by molar-refractivity contribution is 6.31. The lowest BCUT2D eigenvalue weighted by atomic mass is 10.3. The van der Waals surface area contributed by atoms with Crippen LogP contribution in [0.3, 0.4) is 0 Å². The summed E-state index contributed by atoms with van der Waals surface area (Å²) in [4.78, 5) is 3.80. The van der Waals surface area contributed by atoms with Crippen LogP contribution in [0.15, 0.2) is 24.3 Å². The van der Waals surface area contributed by atoms with Gasteiger partial charge in [0.2, 0.25) is 0 Å². The summed E-state index contributed by atoms with van der Waals surface area (Å²) in [5, 5.41) is 5.19. The Bertz CT molecular complexity index is 634. The Labute approximate surface area is 118 Å². The number of hydrogen-bond acceptors (Lipinski definition) is 3. The molecule has 2 rings (SSSR count). The Morgan fingerprint density at radius 3 is 2.40 bits per heavy atom. The smallest absolute Gasteiger partial charge is 0.169 e. The Morgan fingerprint density at radius 1 is 1.05 bits per heavy atom. The third-order valence-corrected chi connectivity index (χ3v) is 2.75. The van der Waals surface area contributed by atoms with E-state index in [9.17, 15) is 13.2 Å². The lowest BCUT2D eigenvalue weighted by Gasteiger charge is -2.10. The van der Waals surface area contributed by atoms with Crippen molar-refractivity contribution >= 4 is 28.9 Å². The molecule has 0 saturated carbocycles. The molecule has 2 N–H and O–H groups in total. The fourth-order valence-corrected chi connectivity index (χ4v) is 1.74. The van der Waals surface area contributed by atoms with E-state index in [0.29, 0.717) is 12.2 Å². The molecule has 2 aromatic rings. The summed E-state index contributed by atoms with van der Waals surface area (Å²) in [7, 11) is 0. The van der Waals surface area contributed by atoms with Crippen LogP contribution in [0.4, 0.5) is 30.5 Å². The van der Waals surface area contributed by atoms with E-state index >= 15 is 0 Å². The van der Waals surface area contributed by atoms with Crippen LogP contribution in [0.2, 0.25) is 5.02 Å². The molecule has 0 aliphatic heterocycles. The number of nitrogens with zero attached hydrogens (tertiary/aromatic N) is 1. The van der Waals surface area contributed by atoms with E-state index in [2.05, 4.69) is 15.6 Å². The highest BCUT2D eigenvalue weighted by Crippen LogP contribution is 2.25. The number of halogens is 4. The number of pyridine rings is 1. The fourth-order valence-electron chi connectivity index (χ4n) is 1.56. The van der Waals surface area contributed by atoms with Crippen molar-refractivity contribution in [2.75, 3.05) is 17.2 Å². The Balaban J connectivity index is 2.32. The number of rotatable bonds is 4. The summed E-state index contributed by atoms with van der Waals surface area (Å²) in [6, 6.07) is 4.52. The van der Waals surface area contributed by atoms with E-state index < -0.39 is 17.5 Å². The molecule has 3 nitrogen and oxygen atoms in total. The molecule has 20 heavy (non-hydrogen) atoms. The third kappa shape index (κ3) is 3.14. The molecule has 0 spiro atoms. The van der Waals surface area contributed by atoms with E-state index in [1.54, 1.807) is 6.92 Å². The van der Waals surface area contributed by atoms with Crippen LogP contribution in [-0.2, 0) is 0 Å². The summed E-state index contributed by atoms with van der Waals surface area (Å²) in [5.74, 6) is -2.47. The topological polar surface area (TPSA) is 37.0 Å². The molecular formula is C13H11ClF3N3. The van der Waals surface area contributed by atoms with Gasteiger partial charge in [0, 0.05) is 18.3 Å². The number of anilines is 3. The third-order valence-electron chi connectivity index (χ3n) is 2.46. The van der Waals surface area contributed by atoms with Gasteiger partial charge in [0.1, 0.15) is 5.82 Å². The van der Waals surface area contributed by atoms with E-state index in [-0.39, 0.29) is 16.7 Å². The normalized spacial score (nSPS) is 10.4. The minimum atomic E-state index is -0.857. The van der Waals surface area contributed by atoms with Crippen molar-refractivity contribution in [2.24, 2.45) is 0 Å². The van der Waals surface area contributed by atoms with Gasteiger partial charge in [0.25, 0.3) is 0 Å². The molecule has 106 valence electrons. The maximum atomic E-state index is 13.6. The molecule has 0 atom stereocenters. The van der Waals surface area contributed by atoms with Gasteiger partial charge in [-0.25, -0.2) is 18.2 Å². The Hall–Kier alpha value is -1.95. The molecular weight excluding hydrogens is 291 g/mol. The zero-order chi connectivity index (χ0) is 14.7. The van der Waals surface area contributed by atoms with Crippen molar-refractivity contribution in [1.82, 2.24) is 4.98 Å². The lowest BCUT2D eigenvalue weighted by molar-refractivity contribution is 0.579. The second kappa shape index (κ2) is 6.00. The van der Waals surface area contributed by atoms with Gasteiger partial charge in [-0.2, -0.15) is 0 Å². The van der Waals surface area contributed by atoms with E-state index in [0.717, 1.165) is 12.1 Å². The predicted octanol–water partition coefficient (Wildman–Crippen LogP) is 4.33. The van der Waals surface area contributed by atoms with Gasteiger partial charge in [0.15, 0.2) is 23.3 Å². The minimum absolute atomic E-state index is 0.0652. The van der Waals surface area contributed by atoms with Crippen LogP contribution >= 0.6 is 11.6 Å². The summed E-state index contributed by atoms with van der Waals surface area (Å²) >= 11 is 5.62. The first kappa shape index (κ1) is 14.5. The molecule has 1 aromatic heterocycles. The van der Waals surface area contributed by atoms with Gasteiger partial charge in [-0.05, 0) is 25.1 Å². The van der Waals surface area contributed by atoms with Crippen LogP contribution in [-0.4, -0.2) is 11.5 Å². The van der Waals surface area contributed by atoms with E-state index in [4.69, 9.17) is 11.6 Å². The van der Waals surface area contributed by atoms with Crippen molar-refractivity contribution in [3.05, 3.63) is 46.7 Å². The maximum absolute atomic E-state index is 13.6. The Kier molecular flexibility index (Phi) is 4.34. The molecule has 1 heterocycles. The maximum Gasteiger partial charge on any atom is 0.169 e. The molecule has 0 amide bonds. The number of hydrogen-bond donors (Lipinski definition) is 2. The van der Waals surface area contributed by atoms with E-state index in [1.165, 1.54) is 12.1 Å². The molecule has 0 radical (unpaired) electrons. The molecule has 0 aliphatic carbocycles. The zero-order valence-electron chi connectivity index (χ0n) is 10.5. The molecule has 0 bridgehead atoms. The van der Waals surface area contributed by atoms with Crippen molar-refractivity contribution in [2.45, 2.75) is 6.92 Å². The highest BCUT2D eigenvalue weighted by atomic mass is 35.5. The first-order chi connectivity index (χ1) is 9.51. The summed E-state index contributed by atoms with van der Waals surface area (Å²) < 4.78 is 40.1. The standard InChI is InChI=1S/C13H11ClF3N3/c1-2-18-12-10(16)6-11(17)13(20-12)19-7-3-4-9(15)8(14)5-7/h3-6H,2H2,1H3,(H2,18,19,20). The number of benzene rings is 1. The quantitative estimate of drug-likeness (QED) is 0.882. The zero-order valence-corrected chi connectivity index (χ0v) is 11.2. The largest absolute Gasteiger partial charge is 0.368 e. The van der Waals surface area contributed by atoms with Crippen LogP contribution in [0.25, 0.3) is 0 Å². The van der Waals surface area contributed by atoms with Gasteiger partial charge >= 0.3 is 0 Å². The van der Waals surface area contributed by atoms with E-state index in [1.807, 2.05) is 0 Å². The van der Waals surface area contributed by atoms with Crippen LogP contribution < -0.4 is 10.6 Å². The van der Waals surface area contributed by atoms with Crippen molar-refractivity contribution in [1.29, 1.82) is 0 Å². The second-order valence-electron chi connectivity index (χ2n) is 3.93. The van der Waals surface area contributed by atoms with Gasteiger partial charge in [-0.15, -0.1) is 0 Å². The monoisotopic (exact) mass is 301 g/mol. The molecule has 0 unspecified atom stereocenters. The molecule has 1 aromatic carbocycles. The fraction of sp³-hybridized carbons (Fsp3) is 0.154. The van der Waals surface area contributed by atoms with Crippen LogP contribution in [0.1, 0.15) is 6.92 Å². The van der Waals surface area contributed by atoms with Gasteiger partial charge in [-0.1, -0.05) is 11.6 Å². The number of aromatic nitrogens is 1. The predicted molar refractivity (Wildman–Crippen MR) is 73.0 cm³/mol. The molecule has 0 fully saturated rings. The first-order valence-electron chi connectivity index (χ1n) is 5.83. The van der Waals surface area contributed by atoms with Crippen molar-refractivity contribution in [3.63, 3.8) is 0 Å². The SMILES string of the molecule is CCNc1nc(Nc2ccc(F)c(Cl)c2)c(F)cc1F. The van der Waals surface area contributed by atoms with Gasteiger partial charge in [0.05, 0.1) is 5.02 Å².